The van der Waals surface area contributed by atoms with Crippen molar-refractivity contribution in [2.24, 2.45) is 34.5 Å². The Morgan fingerprint density at radius 2 is 2.04 bits per heavy atom. The summed E-state index contributed by atoms with van der Waals surface area (Å²) in [5.41, 5.74) is -1.59. The van der Waals surface area contributed by atoms with Gasteiger partial charge in [0.05, 0.1) is 6.10 Å². The Morgan fingerprint density at radius 3 is 2.70 bits per heavy atom. The van der Waals surface area contributed by atoms with Crippen molar-refractivity contribution >= 4 is 11.6 Å². The van der Waals surface area contributed by atoms with Gasteiger partial charge in [-0.15, -0.1) is 0 Å². The number of allylic oxidation sites excluding steroid dienone is 4. The van der Waals surface area contributed by atoms with E-state index in [2.05, 4.69) is 13.8 Å². The number of fused-ring (bicyclic) bond motifs is 5. The fourth-order valence-corrected chi connectivity index (χ4v) is 7.34. The van der Waals surface area contributed by atoms with Crippen LogP contribution in [0.4, 0.5) is 0 Å². The Bertz CT molecular complexity index is 754. The molecule has 0 aromatic carbocycles. The molecule has 0 saturated heterocycles. The van der Waals surface area contributed by atoms with Crippen molar-refractivity contribution in [1.29, 1.82) is 0 Å². The van der Waals surface area contributed by atoms with Crippen molar-refractivity contribution in [3.8, 4) is 0 Å². The fraction of sp³-hybridized carbons (Fsp3) is 0.727. The zero-order valence-electron chi connectivity index (χ0n) is 16.3. The van der Waals surface area contributed by atoms with Crippen LogP contribution in [0.1, 0.15) is 46.5 Å². The van der Waals surface area contributed by atoms with E-state index in [0.717, 1.165) is 18.4 Å². The number of rotatable bonds is 2. The van der Waals surface area contributed by atoms with Crippen molar-refractivity contribution in [3.05, 3.63) is 23.8 Å². The highest BCUT2D eigenvalue weighted by Gasteiger charge is 2.68. The summed E-state index contributed by atoms with van der Waals surface area (Å²) in [5.74, 6) is -0.0768. The Morgan fingerprint density at radius 1 is 1.33 bits per heavy atom. The van der Waals surface area contributed by atoms with E-state index in [1.165, 1.54) is 0 Å². The lowest BCUT2D eigenvalue weighted by Gasteiger charge is -2.60. The van der Waals surface area contributed by atoms with Gasteiger partial charge in [0, 0.05) is 16.7 Å². The third-order valence-corrected chi connectivity index (χ3v) is 8.57. The SMILES string of the molecule is C[C@H]1C[C@@H]2[C@@H]([C@@H](O)C[C@@]3(C)[C@H]2CC[C@]3(O)C(=O)CO)[C@@]2(C)C=CC(=O)C=C12. The number of carbonyl (C=O) groups is 2. The molecule has 5 nitrogen and oxygen atoms in total. The first kappa shape index (κ1) is 19.0. The number of ketones is 2. The fourth-order valence-electron chi connectivity index (χ4n) is 7.34. The van der Waals surface area contributed by atoms with Crippen LogP contribution in [0.5, 0.6) is 0 Å². The third kappa shape index (κ3) is 2.28. The molecule has 148 valence electrons. The molecule has 27 heavy (non-hydrogen) atoms. The second-order valence-corrected chi connectivity index (χ2v) is 9.72. The molecule has 0 aromatic heterocycles. The average Bonchev–Trinajstić information content (AvgIpc) is 2.87. The molecule has 5 heteroatoms. The standard InChI is InChI=1S/C22H30O5/c1-12-8-14-15-5-7-22(27,18(26)11-23)21(15,3)10-17(25)19(14)20(2)6-4-13(24)9-16(12)20/h4,6,9,12,14-15,17,19,23,25,27H,5,7-8,10-11H2,1-3H3/t12-,14-,15-,17-,19-,20-,21-,22-/m0/s1. The largest absolute Gasteiger partial charge is 0.393 e. The lowest BCUT2D eigenvalue weighted by atomic mass is 9.45. The van der Waals surface area contributed by atoms with E-state index < -0.39 is 29.5 Å². The first-order valence-electron chi connectivity index (χ1n) is 10.1. The Balaban J connectivity index is 1.78. The van der Waals surface area contributed by atoms with E-state index in [-0.39, 0.29) is 34.9 Å². The van der Waals surface area contributed by atoms with Gasteiger partial charge >= 0.3 is 0 Å². The molecule has 0 spiro atoms. The van der Waals surface area contributed by atoms with Crippen LogP contribution in [0.3, 0.4) is 0 Å². The van der Waals surface area contributed by atoms with E-state index in [1.54, 1.807) is 12.2 Å². The molecule has 0 amide bonds. The van der Waals surface area contributed by atoms with Gasteiger partial charge in [-0.05, 0) is 55.6 Å². The molecule has 4 rings (SSSR count). The highest BCUT2D eigenvalue weighted by atomic mass is 16.3. The van der Waals surface area contributed by atoms with Crippen LogP contribution in [0, 0.1) is 34.5 Å². The molecule has 0 aromatic rings. The van der Waals surface area contributed by atoms with Gasteiger partial charge in [0.1, 0.15) is 12.2 Å². The maximum absolute atomic E-state index is 12.4. The molecule has 3 fully saturated rings. The van der Waals surface area contributed by atoms with Crippen molar-refractivity contribution in [2.45, 2.75) is 58.2 Å². The number of hydrogen-bond acceptors (Lipinski definition) is 5. The van der Waals surface area contributed by atoms with Crippen molar-refractivity contribution in [1.82, 2.24) is 0 Å². The number of carbonyl (C=O) groups excluding carboxylic acids is 2. The minimum atomic E-state index is -1.57. The summed E-state index contributed by atoms with van der Waals surface area (Å²) in [7, 11) is 0. The van der Waals surface area contributed by atoms with E-state index in [4.69, 9.17) is 0 Å². The first-order chi connectivity index (χ1) is 12.6. The van der Waals surface area contributed by atoms with E-state index in [0.29, 0.717) is 12.8 Å². The second kappa shape index (κ2) is 5.85. The molecule has 0 heterocycles. The summed E-state index contributed by atoms with van der Waals surface area (Å²) in [6.07, 6.45) is 6.87. The summed E-state index contributed by atoms with van der Waals surface area (Å²) in [6.45, 7) is 5.48. The second-order valence-electron chi connectivity index (χ2n) is 9.72. The maximum atomic E-state index is 12.4. The molecule has 0 unspecified atom stereocenters. The van der Waals surface area contributed by atoms with Gasteiger partial charge in [-0.3, -0.25) is 9.59 Å². The smallest absolute Gasteiger partial charge is 0.190 e. The summed E-state index contributed by atoms with van der Waals surface area (Å²) in [6, 6.07) is 0. The maximum Gasteiger partial charge on any atom is 0.190 e. The first-order valence-corrected chi connectivity index (χ1v) is 10.1. The van der Waals surface area contributed by atoms with Gasteiger partial charge in [-0.1, -0.05) is 32.4 Å². The third-order valence-electron chi connectivity index (χ3n) is 8.57. The molecule has 0 aliphatic heterocycles. The molecular formula is C22H30O5. The van der Waals surface area contributed by atoms with Crippen LogP contribution in [-0.2, 0) is 9.59 Å². The van der Waals surface area contributed by atoms with Crippen LogP contribution in [0.25, 0.3) is 0 Å². The quantitative estimate of drug-likeness (QED) is 0.685. The summed E-state index contributed by atoms with van der Waals surface area (Å²) in [4.78, 5) is 24.4. The van der Waals surface area contributed by atoms with Gasteiger partial charge in [-0.25, -0.2) is 0 Å². The van der Waals surface area contributed by atoms with Gasteiger partial charge < -0.3 is 15.3 Å². The molecule has 4 aliphatic rings. The Labute approximate surface area is 160 Å². The van der Waals surface area contributed by atoms with Gasteiger partial charge in [0.25, 0.3) is 0 Å². The molecule has 0 bridgehead atoms. The molecule has 0 radical (unpaired) electrons. The highest BCUT2D eigenvalue weighted by molar-refractivity contribution is 6.01. The van der Waals surface area contributed by atoms with Crippen molar-refractivity contribution in [3.63, 3.8) is 0 Å². The van der Waals surface area contributed by atoms with Gasteiger partial charge in [-0.2, -0.15) is 0 Å². The van der Waals surface area contributed by atoms with Crippen molar-refractivity contribution < 1.29 is 24.9 Å². The van der Waals surface area contributed by atoms with Crippen LogP contribution in [-0.4, -0.2) is 45.2 Å². The zero-order valence-corrected chi connectivity index (χ0v) is 16.3. The molecule has 3 N–H and O–H groups in total. The predicted molar refractivity (Wildman–Crippen MR) is 99.6 cm³/mol. The number of hydrogen-bond donors (Lipinski definition) is 3. The van der Waals surface area contributed by atoms with Gasteiger partial charge in [0.15, 0.2) is 11.6 Å². The highest BCUT2D eigenvalue weighted by Crippen LogP contribution is 2.67. The molecular weight excluding hydrogens is 344 g/mol. The number of aliphatic hydroxyl groups is 3. The lowest BCUT2D eigenvalue weighted by molar-refractivity contribution is -0.180. The Kier molecular flexibility index (Phi) is 4.12. The molecule has 4 aliphatic carbocycles. The summed E-state index contributed by atoms with van der Waals surface area (Å²) >= 11 is 0. The number of Topliss-reactive ketones (excluding diaryl/α,β-unsaturated/α-hetero) is 1. The number of aliphatic hydroxyl groups excluding tert-OH is 2. The molecule has 8 atom stereocenters. The summed E-state index contributed by atoms with van der Waals surface area (Å²) in [5, 5.41) is 31.9. The lowest BCUT2D eigenvalue weighted by Crippen LogP contribution is -2.62. The zero-order chi connectivity index (χ0) is 19.8. The normalized spacial score (nSPS) is 51.3. The monoisotopic (exact) mass is 374 g/mol. The van der Waals surface area contributed by atoms with Crippen LogP contribution in [0.2, 0.25) is 0 Å². The van der Waals surface area contributed by atoms with E-state index in [9.17, 15) is 24.9 Å². The van der Waals surface area contributed by atoms with Crippen LogP contribution in [0.15, 0.2) is 23.8 Å². The minimum absolute atomic E-state index is 0.00620. The molecule has 3 saturated carbocycles. The van der Waals surface area contributed by atoms with Crippen molar-refractivity contribution in [2.75, 3.05) is 6.61 Å². The van der Waals surface area contributed by atoms with Crippen LogP contribution < -0.4 is 0 Å². The minimum Gasteiger partial charge on any atom is -0.393 e. The van der Waals surface area contributed by atoms with E-state index >= 15 is 0 Å². The summed E-state index contributed by atoms with van der Waals surface area (Å²) < 4.78 is 0. The predicted octanol–water partition coefficient (Wildman–Crippen LogP) is 1.80. The Hall–Kier alpha value is -1.30. The van der Waals surface area contributed by atoms with Crippen LogP contribution >= 0.6 is 0 Å². The average molecular weight is 374 g/mol. The van der Waals surface area contributed by atoms with E-state index in [1.807, 2.05) is 13.0 Å². The van der Waals surface area contributed by atoms with Gasteiger partial charge in [0.2, 0.25) is 0 Å². The topological polar surface area (TPSA) is 94.8 Å².